The van der Waals surface area contributed by atoms with Crippen LogP contribution in [0.25, 0.3) is 0 Å². The third kappa shape index (κ3) is 1.85. The molecule has 5 nitrogen and oxygen atoms in total. The van der Waals surface area contributed by atoms with Crippen LogP contribution in [-0.4, -0.2) is 16.1 Å². The van der Waals surface area contributed by atoms with Crippen molar-refractivity contribution in [2.75, 3.05) is 5.73 Å². The van der Waals surface area contributed by atoms with Crippen LogP contribution in [0.4, 0.5) is 5.82 Å². The highest BCUT2D eigenvalue weighted by atomic mass is 79.9. The first-order chi connectivity index (χ1) is 6.45. The third-order valence-corrected chi connectivity index (χ3v) is 2.73. The minimum Gasteiger partial charge on any atom is -0.480 e. The van der Waals surface area contributed by atoms with Crippen LogP contribution in [0, 0.1) is 6.92 Å². The Balaban J connectivity index is 3.32. The van der Waals surface area contributed by atoms with Crippen LogP contribution in [0.1, 0.15) is 17.2 Å². The summed E-state index contributed by atoms with van der Waals surface area (Å²) in [4.78, 5) is 14.5. The van der Waals surface area contributed by atoms with E-state index in [1.807, 2.05) is 0 Å². The molecule has 0 saturated heterocycles. The fourth-order valence-electron chi connectivity index (χ4n) is 1.13. The first-order valence-electron chi connectivity index (χ1n) is 3.84. The van der Waals surface area contributed by atoms with Gasteiger partial charge in [-0.3, -0.25) is 4.79 Å². The number of hydrogen-bond donors (Lipinski definition) is 3. The fraction of sp³-hybridized carbons (Fsp3) is 0.250. The summed E-state index contributed by atoms with van der Waals surface area (Å²) < 4.78 is 0.693. The summed E-state index contributed by atoms with van der Waals surface area (Å²) in [6.45, 7) is 1.74. The SMILES string of the molecule is Cc1c(Br)cnc(N)c1C(N)C(=O)O. The van der Waals surface area contributed by atoms with E-state index in [1.165, 1.54) is 6.20 Å². The molecule has 14 heavy (non-hydrogen) atoms. The van der Waals surface area contributed by atoms with Crippen molar-refractivity contribution in [2.24, 2.45) is 5.73 Å². The van der Waals surface area contributed by atoms with Crippen LogP contribution in [-0.2, 0) is 4.79 Å². The quantitative estimate of drug-likeness (QED) is 0.730. The second-order valence-corrected chi connectivity index (χ2v) is 3.70. The van der Waals surface area contributed by atoms with Crippen molar-refractivity contribution in [3.8, 4) is 0 Å². The Kier molecular flexibility index (Phi) is 3.07. The van der Waals surface area contributed by atoms with Gasteiger partial charge in [-0.25, -0.2) is 4.98 Å². The van der Waals surface area contributed by atoms with Gasteiger partial charge in [0.05, 0.1) is 0 Å². The summed E-state index contributed by atoms with van der Waals surface area (Å²) >= 11 is 3.23. The minimum atomic E-state index is -1.14. The van der Waals surface area contributed by atoms with Gasteiger partial charge in [-0.1, -0.05) is 0 Å². The Bertz CT molecular complexity index is 381. The lowest BCUT2D eigenvalue weighted by Gasteiger charge is -2.13. The van der Waals surface area contributed by atoms with Gasteiger partial charge < -0.3 is 16.6 Å². The predicted molar refractivity (Wildman–Crippen MR) is 55.7 cm³/mol. The van der Waals surface area contributed by atoms with Crippen LogP contribution >= 0.6 is 15.9 Å². The van der Waals surface area contributed by atoms with Gasteiger partial charge in [0.1, 0.15) is 11.9 Å². The number of nitrogens with zero attached hydrogens (tertiary/aromatic N) is 1. The molecule has 0 aliphatic carbocycles. The van der Waals surface area contributed by atoms with Crippen LogP contribution in [0.3, 0.4) is 0 Å². The van der Waals surface area contributed by atoms with Gasteiger partial charge in [0.25, 0.3) is 0 Å². The van der Waals surface area contributed by atoms with Crippen LogP contribution in [0.2, 0.25) is 0 Å². The van der Waals surface area contributed by atoms with Crippen LogP contribution < -0.4 is 11.5 Å². The predicted octanol–water partition coefficient (Wildman–Crippen LogP) is 0.819. The number of carboxylic acids is 1. The van der Waals surface area contributed by atoms with Gasteiger partial charge in [-0.15, -0.1) is 0 Å². The number of carboxylic acid groups (broad SMARTS) is 1. The van der Waals surface area contributed by atoms with Gasteiger partial charge >= 0.3 is 5.97 Å². The molecular formula is C8H10BrN3O2. The zero-order valence-electron chi connectivity index (χ0n) is 7.49. The first kappa shape index (κ1) is 10.9. The molecule has 1 unspecified atom stereocenters. The normalized spacial score (nSPS) is 12.5. The summed E-state index contributed by atoms with van der Waals surface area (Å²) in [5.74, 6) is -0.972. The Labute approximate surface area is 89.2 Å². The average Bonchev–Trinajstić information content (AvgIpc) is 2.12. The maximum absolute atomic E-state index is 10.7. The van der Waals surface area contributed by atoms with E-state index in [4.69, 9.17) is 16.6 Å². The number of nitrogens with two attached hydrogens (primary N) is 2. The van der Waals surface area contributed by atoms with E-state index in [-0.39, 0.29) is 5.82 Å². The van der Waals surface area contributed by atoms with Crippen molar-refractivity contribution >= 4 is 27.7 Å². The van der Waals surface area contributed by atoms with Gasteiger partial charge in [0, 0.05) is 16.2 Å². The van der Waals surface area contributed by atoms with Crippen molar-refractivity contribution in [3.05, 3.63) is 21.8 Å². The fourth-order valence-corrected chi connectivity index (χ4v) is 1.45. The maximum atomic E-state index is 10.7. The molecule has 0 saturated carbocycles. The van der Waals surface area contributed by atoms with Crippen molar-refractivity contribution in [3.63, 3.8) is 0 Å². The summed E-state index contributed by atoms with van der Waals surface area (Å²) in [5.41, 5.74) is 12.1. The zero-order valence-corrected chi connectivity index (χ0v) is 9.08. The molecule has 0 radical (unpaired) electrons. The number of anilines is 1. The molecule has 0 fully saturated rings. The van der Waals surface area contributed by atoms with Gasteiger partial charge in [0.2, 0.25) is 0 Å². The minimum absolute atomic E-state index is 0.153. The lowest BCUT2D eigenvalue weighted by molar-refractivity contribution is -0.138. The van der Waals surface area contributed by atoms with Crippen molar-refractivity contribution in [1.29, 1.82) is 0 Å². The van der Waals surface area contributed by atoms with E-state index in [0.29, 0.717) is 15.6 Å². The highest BCUT2D eigenvalue weighted by Crippen LogP contribution is 2.26. The third-order valence-electron chi connectivity index (χ3n) is 1.93. The Morgan fingerprint density at radius 3 is 2.79 bits per heavy atom. The molecule has 1 rings (SSSR count). The molecule has 0 bridgehead atoms. The number of pyridine rings is 1. The molecule has 5 N–H and O–H groups in total. The summed E-state index contributed by atoms with van der Waals surface area (Å²) in [7, 11) is 0. The maximum Gasteiger partial charge on any atom is 0.325 e. The molecule has 1 aromatic heterocycles. The van der Waals surface area contributed by atoms with E-state index >= 15 is 0 Å². The lowest BCUT2D eigenvalue weighted by Crippen LogP contribution is -2.23. The van der Waals surface area contributed by atoms with Crippen molar-refractivity contribution in [2.45, 2.75) is 13.0 Å². The number of carbonyl (C=O) groups is 1. The molecule has 0 spiro atoms. The smallest absolute Gasteiger partial charge is 0.325 e. The van der Waals surface area contributed by atoms with Gasteiger partial charge in [-0.05, 0) is 28.4 Å². The lowest BCUT2D eigenvalue weighted by atomic mass is 10.0. The molecule has 1 heterocycles. The largest absolute Gasteiger partial charge is 0.480 e. The molecule has 0 aromatic carbocycles. The molecule has 1 aromatic rings. The van der Waals surface area contributed by atoms with Gasteiger partial charge in [-0.2, -0.15) is 0 Å². The summed E-state index contributed by atoms with van der Waals surface area (Å²) in [6, 6.07) is -1.14. The monoisotopic (exact) mass is 259 g/mol. The highest BCUT2D eigenvalue weighted by Gasteiger charge is 2.21. The first-order valence-corrected chi connectivity index (χ1v) is 4.63. The van der Waals surface area contributed by atoms with Crippen molar-refractivity contribution in [1.82, 2.24) is 4.98 Å². The molecule has 6 heteroatoms. The van der Waals surface area contributed by atoms with Crippen molar-refractivity contribution < 1.29 is 9.90 Å². The zero-order chi connectivity index (χ0) is 10.9. The second-order valence-electron chi connectivity index (χ2n) is 2.85. The van der Waals surface area contributed by atoms with Crippen LogP contribution in [0.15, 0.2) is 10.7 Å². The molecule has 0 aliphatic heterocycles. The van der Waals surface area contributed by atoms with E-state index < -0.39 is 12.0 Å². The summed E-state index contributed by atoms with van der Waals surface area (Å²) in [5, 5.41) is 8.75. The summed E-state index contributed by atoms with van der Waals surface area (Å²) in [6.07, 6.45) is 1.52. The number of aliphatic carboxylic acids is 1. The topological polar surface area (TPSA) is 102 Å². The number of aromatic nitrogens is 1. The Hall–Kier alpha value is -1.14. The number of halogens is 1. The second kappa shape index (κ2) is 3.93. The van der Waals surface area contributed by atoms with E-state index in [2.05, 4.69) is 20.9 Å². The number of rotatable bonds is 2. The van der Waals surface area contributed by atoms with E-state index in [0.717, 1.165) is 0 Å². The van der Waals surface area contributed by atoms with E-state index in [9.17, 15) is 4.79 Å². The standard InChI is InChI=1S/C8H10BrN3O2/c1-3-4(9)2-12-7(11)5(3)6(10)8(13)14/h2,6H,10H2,1H3,(H2,11,12)(H,13,14). The molecular weight excluding hydrogens is 250 g/mol. The average molecular weight is 260 g/mol. The molecule has 1 atom stereocenters. The molecule has 76 valence electrons. The number of nitrogen functional groups attached to an aromatic ring is 1. The Morgan fingerprint density at radius 1 is 1.71 bits per heavy atom. The van der Waals surface area contributed by atoms with E-state index in [1.54, 1.807) is 6.92 Å². The highest BCUT2D eigenvalue weighted by molar-refractivity contribution is 9.10. The number of hydrogen-bond acceptors (Lipinski definition) is 4. The van der Waals surface area contributed by atoms with Gasteiger partial charge in [0.15, 0.2) is 0 Å². The molecule has 0 amide bonds. The Morgan fingerprint density at radius 2 is 2.29 bits per heavy atom. The molecule has 0 aliphatic rings. The van der Waals surface area contributed by atoms with Crippen LogP contribution in [0.5, 0.6) is 0 Å².